The highest BCUT2D eigenvalue weighted by molar-refractivity contribution is 5.77. The van der Waals surface area contributed by atoms with Gasteiger partial charge in [0.2, 0.25) is 0 Å². The molecule has 4 nitrogen and oxygen atoms in total. The van der Waals surface area contributed by atoms with E-state index in [-0.39, 0.29) is 0 Å². The molecule has 2 N–H and O–H groups in total. The summed E-state index contributed by atoms with van der Waals surface area (Å²) in [6.45, 7) is 6.04. The van der Waals surface area contributed by atoms with Crippen LogP contribution in [0.1, 0.15) is 26.1 Å². The van der Waals surface area contributed by atoms with E-state index in [9.17, 15) is 0 Å². The van der Waals surface area contributed by atoms with Crippen molar-refractivity contribution in [2.45, 2.75) is 33.2 Å². The molecule has 0 saturated heterocycles. The zero-order valence-corrected chi connectivity index (χ0v) is 12.0. The number of benzene rings is 1. The molecule has 0 aliphatic heterocycles. The molecular weight excluding hydrogens is 238 g/mol. The van der Waals surface area contributed by atoms with Gasteiger partial charge in [0.1, 0.15) is 11.6 Å². The van der Waals surface area contributed by atoms with Crippen LogP contribution in [0.3, 0.4) is 0 Å². The molecule has 4 heteroatoms. The number of aryl methyl sites for hydroxylation is 1. The van der Waals surface area contributed by atoms with Gasteiger partial charge in [0.15, 0.2) is 0 Å². The third kappa shape index (κ3) is 2.89. The van der Waals surface area contributed by atoms with Crippen LogP contribution in [0.25, 0.3) is 11.0 Å². The summed E-state index contributed by atoms with van der Waals surface area (Å²) < 4.78 is 7.57. The minimum Gasteiger partial charge on any atom is -0.497 e. The smallest absolute Gasteiger partial charge is 0.121 e. The summed E-state index contributed by atoms with van der Waals surface area (Å²) in [5, 5.41) is 0. The molecule has 1 aromatic heterocycles. The molecule has 1 aromatic carbocycles. The molecule has 0 amide bonds. The molecular formula is C15H23N3O. The van der Waals surface area contributed by atoms with E-state index >= 15 is 0 Å². The first kappa shape index (κ1) is 13.9. The van der Waals surface area contributed by atoms with Gasteiger partial charge in [-0.15, -0.1) is 0 Å². The molecule has 0 saturated carbocycles. The summed E-state index contributed by atoms with van der Waals surface area (Å²) in [6.07, 6.45) is 2.02. The van der Waals surface area contributed by atoms with E-state index in [1.165, 1.54) is 5.52 Å². The zero-order valence-electron chi connectivity index (χ0n) is 12.0. The Kier molecular flexibility index (Phi) is 4.43. The zero-order chi connectivity index (χ0) is 13.8. The maximum Gasteiger partial charge on any atom is 0.121 e. The summed E-state index contributed by atoms with van der Waals surface area (Å²) in [5.41, 5.74) is 7.92. The van der Waals surface area contributed by atoms with Crippen LogP contribution in [0.5, 0.6) is 5.75 Å². The van der Waals surface area contributed by atoms with Crippen molar-refractivity contribution >= 4 is 11.0 Å². The SMILES string of the molecule is CCCn1c(CC(C)CN)nc2cc(OC)ccc21. The van der Waals surface area contributed by atoms with Crippen molar-refractivity contribution in [2.24, 2.45) is 11.7 Å². The fourth-order valence-corrected chi connectivity index (χ4v) is 2.31. The third-order valence-electron chi connectivity index (χ3n) is 3.42. The van der Waals surface area contributed by atoms with Crippen LogP contribution >= 0.6 is 0 Å². The van der Waals surface area contributed by atoms with Crippen molar-refractivity contribution in [3.63, 3.8) is 0 Å². The Hall–Kier alpha value is -1.55. The van der Waals surface area contributed by atoms with Gasteiger partial charge < -0.3 is 15.0 Å². The van der Waals surface area contributed by atoms with Crippen molar-refractivity contribution in [2.75, 3.05) is 13.7 Å². The number of ether oxygens (including phenoxy) is 1. The van der Waals surface area contributed by atoms with Gasteiger partial charge in [-0.05, 0) is 31.0 Å². The molecule has 1 unspecified atom stereocenters. The molecule has 0 radical (unpaired) electrons. The number of hydrogen-bond donors (Lipinski definition) is 1. The monoisotopic (exact) mass is 261 g/mol. The Morgan fingerprint density at radius 3 is 2.84 bits per heavy atom. The van der Waals surface area contributed by atoms with Crippen molar-refractivity contribution in [3.8, 4) is 5.75 Å². The lowest BCUT2D eigenvalue weighted by atomic mass is 10.1. The van der Waals surface area contributed by atoms with E-state index in [1.54, 1.807) is 7.11 Å². The van der Waals surface area contributed by atoms with E-state index in [4.69, 9.17) is 15.5 Å². The molecule has 0 spiro atoms. The summed E-state index contributed by atoms with van der Waals surface area (Å²) in [4.78, 5) is 4.76. The maximum atomic E-state index is 5.73. The van der Waals surface area contributed by atoms with Crippen LogP contribution in [-0.4, -0.2) is 23.2 Å². The van der Waals surface area contributed by atoms with Crippen LogP contribution in [0.15, 0.2) is 18.2 Å². The third-order valence-corrected chi connectivity index (χ3v) is 3.42. The van der Waals surface area contributed by atoms with Gasteiger partial charge in [0, 0.05) is 19.0 Å². The quantitative estimate of drug-likeness (QED) is 0.869. The molecule has 0 fully saturated rings. The number of hydrogen-bond acceptors (Lipinski definition) is 3. The normalized spacial score (nSPS) is 12.8. The highest BCUT2D eigenvalue weighted by atomic mass is 16.5. The van der Waals surface area contributed by atoms with Crippen LogP contribution in [0, 0.1) is 5.92 Å². The lowest BCUT2D eigenvalue weighted by molar-refractivity contribution is 0.415. The summed E-state index contributed by atoms with van der Waals surface area (Å²) in [6, 6.07) is 6.08. The lowest BCUT2D eigenvalue weighted by Gasteiger charge is -2.11. The standard InChI is InChI=1S/C15H23N3O/c1-4-7-18-14-6-5-12(19-3)9-13(14)17-15(18)8-11(2)10-16/h5-6,9,11H,4,7-8,10,16H2,1-3H3. The number of aromatic nitrogens is 2. The molecule has 0 aliphatic rings. The van der Waals surface area contributed by atoms with Crippen molar-refractivity contribution in [3.05, 3.63) is 24.0 Å². The van der Waals surface area contributed by atoms with Gasteiger partial charge in [-0.25, -0.2) is 4.98 Å². The second kappa shape index (κ2) is 6.06. The van der Waals surface area contributed by atoms with Crippen molar-refractivity contribution < 1.29 is 4.74 Å². The number of imidazole rings is 1. The van der Waals surface area contributed by atoms with Crippen molar-refractivity contribution in [1.82, 2.24) is 9.55 Å². The highest BCUT2D eigenvalue weighted by Crippen LogP contribution is 2.23. The van der Waals surface area contributed by atoms with E-state index < -0.39 is 0 Å². The first-order chi connectivity index (χ1) is 9.19. The molecule has 104 valence electrons. The fourth-order valence-electron chi connectivity index (χ4n) is 2.31. The number of fused-ring (bicyclic) bond motifs is 1. The van der Waals surface area contributed by atoms with Gasteiger partial charge in [0.05, 0.1) is 18.1 Å². The number of methoxy groups -OCH3 is 1. The van der Waals surface area contributed by atoms with Crippen LogP contribution in [0.4, 0.5) is 0 Å². The summed E-state index contributed by atoms with van der Waals surface area (Å²) in [5.74, 6) is 2.43. The molecule has 0 aliphatic carbocycles. The van der Waals surface area contributed by atoms with Gasteiger partial charge in [-0.2, -0.15) is 0 Å². The predicted molar refractivity (Wildman–Crippen MR) is 78.5 cm³/mol. The number of nitrogens with two attached hydrogens (primary N) is 1. The molecule has 0 bridgehead atoms. The van der Waals surface area contributed by atoms with Gasteiger partial charge in [-0.3, -0.25) is 0 Å². The Morgan fingerprint density at radius 2 is 2.21 bits per heavy atom. The minimum absolute atomic E-state index is 0.453. The minimum atomic E-state index is 0.453. The molecule has 1 heterocycles. The second-order valence-electron chi connectivity index (χ2n) is 5.08. The van der Waals surface area contributed by atoms with Gasteiger partial charge in [0.25, 0.3) is 0 Å². The van der Waals surface area contributed by atoms with E-state index in [0.717, 1.165) is 36.5 Å². The maximum absolute atomic E-state index is 5.73. The average molecular weight is 261 g/mol. The Labute approximate surface area is 114 Å². The fraction of sp³-hybridized carbons (Fsp3) is 0.533. The first-order valence-electron chi connectivity index (χ1n) is 6.92. The molecule has 19 heavy (non-hydrogen) atoms. The predicted octanol–water partition coefficient (Wildman–Crippen LogP) is 2.59. The second-order valence-corrected chi connectivity index (χ2v) is 5.08. The topological polar surface area (TPSA) is 53.1 Å². The summed E-state index contributed by atoms with van der Waals surface area (Å²) >= 11 is 0. The Morgan fingerprint density at radius 1 is 1.42 bits per heavy atom. The lowest BCUT2D eigenvalue weighted by Crippen LogP contribution is -2.16. The van der Waals surface area contributed by atoms with Gasteiger partial charge >= 0.3 is 0 Å². The first-order valence-corrected chi connectivity index (χ1v) is 6.92. The van der Waals surface area contributed by atoms with Gasteiger partial charge in [-0.1, -0.05) is 13.8 Å². The average Bonchev–Trinajstić information content (AvgIpc) is 2.76. The Bertz CT molecular complexity index is 548. The highest BCUT2D eigenvalue weighted by Gasteiger charge is 2.13. The van der Waals surface area contributed by atoms with Crippen LogP contribution in [-0.2, 0) is 13.0 Å². The van der Waals surface area contributed by atoms with E-state index in [0.29, 0.717) is 12.5 Å². The number of nitrogens with zero attached hydrogens (tertiary/aromatic N) is 2. The molecule has 2 aromatic rings. The summed E-state index contributed by atoms with van der Waals surface area (Å²) in [7, 11) is 1.68. The van der Waals surface area contributed by atoms with Crippen molar-refractivity contribution in [1.29, 1.82) is 0 Å². The van der Waals surface area contributed by atoms with Crippen LogP contribution in [0.2, 0.25) is 0 Å². The number of rotatable bonds is 6. The molecule has 2 rings (SSSR count). The van der Waals surface area contributed by atoms with E-state index in [1.807, 2.05) is 12.1 Å². The van der Waals surface area contributed by atoms with Crippen LogP contribution < -0.4 is 10.5 Å². The molecule has 1 atom stereocenters. The van der Waals surface area contributed by atoms with E-state index in [2.05, 4.69) is 24.5 Å². The largest absolute Gasteiger partial charge is 0.497 e. The Balaban J connectivity index is 2.45.